The lowest BCUT2D eigenvalue weighted by atomic mass is 10.0. The quantitative estimate of drug-likeness (QED) is 0.347. The topological polar surface area (TPSA) is 123 Å². The van der Waals surface area contributed by atoms with Gasteiger partial charge >= 0.3 is 0 Å². The second-order valence-electron chi connectivity index (χ2n) is 7.89. The number of piperidine rings is 1. The minimum Gasteiger partial charge on any atom is -0.493 e. The van der Waals surface area contributed by atoms with Gasteiger partial charge in [-0.1, -0.05) is 6.42 Å². The monoisotopic (exact) mass is 476 g/mol. The van der Waals surface area contributed by atoms with Crippen LogP contribution in [0.5, 0.6) is 11.5 Å². The van der Waals surface area contributed by atoms with Gasteiger partial charge < -0.3 is 9.47 Å². The van der Waals surface area contributed by atoms with Gasteiger partial charge in [0.15, 0.2) is 11.5 Å². The average Bonchev–Trinajstić information content (AvgIpc) is 2.78. The lowest BCUT2D eigenvalue weighted by molar-refractivity contribution is -0.385. The fourth-order valence-corrected chi connectivity index (χ4v) is 6.07. The highest BCUT2D eigenvalue weighted by atomic mass is 32.2. The molecule has 0 spiro atoms. The molecule has 1 fully saturated rings. The second kappa shape index (κ2) is 10.2. The van der Waals surface area contributed by atoms with E-state index in [0.29, 0.717) is 17.1 Å². The molecule has 0 amide bonds. The number of nitrogens with zero attached hydrogens (tertiary/aromatic N) is 3. The van der Waals surface area contributed by atoms with E-state index in [2.05, 4.69) is 10.5 Å². The lowest BCUT2D eigenvalue weighted by Crippen LogP contribution is -2.47. The van der Waals surface area contributed by atoms with E-state index in [0.717, 1.165) is 25.3 Å². The Labute approximate surface area is 193 Å². The second-order valence-corrected chi connectivity index (χ2v) is 9.70. The standard InChI is InChI=1S/C22H28N4O6S/c1-15-6-5-7-16(2)25(15)33(29,30)22-13-18(26(27)28)9-10-19(22)24-23-14-17-8-11-20(31-3)21(12-17)32-4/h8-16,24H,5-7H2,1-4H3/b23-14-/t15-,16+. The first-order valence-electron chi connectivity index (χ1n) is 10.5. The maximum atomic E-state index is 13.6. The van der Waals surface area contributed by atoms with Crippen molar-refractivity contribution < 1.29 is 22.8 Å². The summed E-state index contributed by atoms with van der Waals surface area (Å²) in [6.07, 6.45) is 3.90. The van der Waals surface area contributed by atoms with E-state index >= 15 is 0 Å². The van der Waals surface area contributed by atoms with Gasteiger partial charge in [0.2, 0.25) is 10.0 Å². The highest BCUT2D eigenvalue weighted by Gasteiger charge is 2.37. The number of sulfonamides is 1. The third-order valence-corrected chi connectivity index (χ3v) is 7.82. The molecule has 3 rings (SSSR count). The number of benzene rings is 2. The van der Waals surface area contributed by atoms with Crippen LogP contribution < -0.4 is 14.9 Å². The minimum atomic E-state index is -4.01. The smallest absolute Gasteiger partial charge is 0.270 e. The number of methoxy groups -OCH3 is 2. The molecule has 33 heavy (non-hydrogen) atoms. The third kappa shape index (κ3) is 5.25. The van der Waals surface area contributed by atoms with E-state index in [1.165, 1.54) is 36.9 Å². The Bertz CT molecular complexity index is 1140. The van der Waals surface area contributed by atoms with E-state index in [1.807, 2.05) is 13.8 Å². The van der Waals surface area contributed by atoms with Crippen LogP contribution in [0.1, 0.15) is 38.7 Å². The number of nitrogens with one attached hydrogen (secondary N) is 1. The number of hydrogen-bond donors (Lipinski definition) is 1. The largest absolute Gasteiger partial charge is 0.493 e. The van der Waals surface area contributed by atoms with Crippen LogP contribution >= 0.6 is 0 Å². The number of nitro benzene ring substituents is 1. The molecular weight excluding hydrogens is 448 g/mol. The molecule has 0 unspecified atom stereocenters. The molecule has 1 saturated heterocycles. The fraction of sp³-hybridized carbons (Fsp3) is 0.409. The van der Waals surface area contributed by atoms with Gasteiger partial charge in [-0.2, -0.15) is 9.41 Å². The maximum Gasteiger partial charge on any atom is 0.270 e. The van der Waals surface area contributed by atoms with Crippen LogP contribution in [0.2, 0.25) is 0 Å². The number of non-ortho nitro benzene ring substituents is 1. The van der Waals surface area contributed by atoms with Crippen LogP contribution in [0.4, 0.5) is 11.4 Å². The number of ether oxygens (including phenoxy) is 2. The molecule has 0 radical (unpaired) electrons. The zero-order valence-corrected chi connectivity index (χ0v) is 19.8. The molecule has 1 heterocycles. The Balaban J connectivity index is 1.96. The van der Waals surface area contributed by atoms with Crippen LogP contribution in [0, 0.1) is 10.1 Å². The molecule has 1 N–H and O–H groups in total. The predicted octanol–water partition coefficient (Wildman–Crippen LogP) is 4.01. The van der Waals surface area contributed by atoms with Gasteiger partial charge in [0, 0.05) is 24.2 Å². The molecule has 178 valence electrons. The number of hydrazone groups is 1. The Hall–Kier alpha value is -3.18. The fourth-order valence-electron chi connectivity index (χ4n) is 4.02. The van der Waals surface area contributed by atoms with Gasteiger partial charge in [-0.3, -0.25) is 15.5 Å². The third-order valence-electron chi connectivity index (χ3n) is 5.65. The van der Waals surface area contributed by atoms with Crippen molar-refractivity contribution in [1.29, 1.82) is 0 Å². The van der Waals surface area contributed by atoms with Crippen molar-refractivity contribution >= 4 is 27.6 Å². The summed E-state index contributed by atoms with van der Waals surface area (Å²) >= 11 is 0. The summed E-state index contributed by atoms with van der Waals surface area (Å²) in [5, 5.41) is 15.5. The van der Waals surface area contributed by atoms with Crippen molar-refractivity contribution in [2.75, 3.05) is 19.6 Å². The highest BCUT2D eigenvalue weighted by molar-refractivity contribution is 7.89. The van der Waals surface area contributed by atoms with Gasteiger partial charge in [0.1, 0.15) is 4.90 Å². The summed E-state index contributed by atoms with van der Waals surface area (Å²) in [6, 6.07) is 8.47. The van der Waals surface area contributed by atoms with E-state index in [1.54, 1.807) is 18.2 Å². The molecule has 2 aromatic rings. The van der Waals surface area contributed by atoms with Crippen LogP contribution in [0.25, 0.3) is 0 Å². The summed E-state index contributed by atoms with van der Waals surface area (Å²) in [5.41, 5.74) is 3.27. The van der Waals surface area contributed by atoms with E-state index in [4.69, 9.17) is 9.47 Å². The average molecular weight is 477 g/mol. The molecule has 0 aliphatic carbocycles. The van der Waals surface area contributed by atoms with Crippen LogP contribution in [-0.4, -0.2) is 50.2 Å². The van der Waals surface area contributed by atoms with Gasteiger partial charge in [0.25, 0.3) is 5.69 Å². The highest BCUT2D eigenvalue weighted by Crippen LogP contribution is 2.34. The summed E-state index contributed by atoms with van der Waals surface area (Å²) in [5.74, 6) is 1.09. The van der Waals surface area contributed by atoms with E-state index < -0.39 is 14.9 Å². The minimum absolute atomic E-state index is 0.155. The molecule has 0 saturated carbocycles. The Kier molecular flexibility index (Phi) is 7.54. The molecule has 2 atom stereocenters. The summed E-state index contributed by atoms with van der Waals surface area (Å²) in [4.78, 5) is 10.5. The number of anilines is 1. The normalized spacial score (nSPS) is 19.4. The van der Waals surface area contributed by atoms with Crippen molar-refractivity contribution in [3.63, 3.8) is 0 Å². The first-order chi connectivity index (χ1) is 15.7. The van der Waals surface area contributed by atoms with Crippen molar-refractivity contribution in [3.8, 4) is 11.5 Å². The summed E-state index contributed by atoms with van der Waals surface area (Å²) in [6.45, 7) is 3.71. The molecule has 0 aromatic heterocycles. The van der Waals surface area contributed by atoms with E-state index in [-0.39, 0.29) is 28.4 Å². The van der Waals surface area contributed by atoms with Crippen molar-refractivity contribution in [3.05, 3.63) is 52.1 Å². The van der Waals surface area contributed by atoms with Gasteiger partial charge in [-0.15, -0.1) is 0 Å². The summed E-state index contributed by atoms with van der Waals surface area (Å²) in [7, 11) is -0.949. The SMILES string of the molecule is COc1ccc(/C=N\Nc2ccc([N+](=O)[O-])cc2S(=O)(=O)N2[C@H](C)CCC[C@@H]2C)cc1OC. The molecule has 1 aliphatic rings. The van der Waals surface area contributed by atoms with Crippen LogP contribution in [-0.2, 0) is 10.0 Å². The zero-order chi connectivity index (χ0) is 24.2. The molecule has 10 nitrogen and oxygen atoms in total. The van der Waals surface area contributed by atoms with Crippen LogP contribution in [0.15, 0.2) is 46.4 Å². The Morgan fingerprint density at radius 2 is 1.76 bits per heavy atom. The molecule has 2 aromatic carbocycles. The van der Waals surface area contributed by atoms with Gasteiger partial charge in [0.05, 0.1) is 31.0 Å². The van der Waals surface area contributed by atoms with Crippen molar-refractivity contribution in [2.45, 2.75) is 50.1 Å². The van der Waals surface area contributed by atoms with Crippen molar-refractivity contribution in [1.82, 2.24) is 4.31 Å². The van der Waals surface area contributed by atoms with Gasteiger partial charge in [-0.05, 0) is 56.5 Å². The number of hydrogen-bond acceptors (Lipinski definition) is 8. The number of rotatable bonds is 8. The first kappa shape index (κ1) is 24.5. The molecule has 1 aliphatic heterocycles. The number of nitro groups is 1. The Morgan fingerprint density at radius 1 is 1.09 bits per heavy atom. The first-order valence-corrected chi connectivity index (χ1v) is 12.0. The van der Waals surface area contributed by atoms with Crippen molar-refractivity contribution in [2.24, 2.45) is 5.10 Å². The molecule has 0 bridgehead atoms. The lowest BCUT2D eigenvalue weighted by Gasteiger charge is -2.37. The molecular formula is C22H28N4O6S. The molecule has 11 heteroatoms. The van der Waals surface area contributed by atoms with E-state index in [9.17, 15) is 18.5 Å². The zero-order valence-electron chi connectivity index (χ0n) is 19.0. The van der Waals surface area contributed by atoms with Crippen LogP contribution in [0.3, 0.4) is 0 Å². The maximum absolute atomic E-state index is 13.6. The predicted molar refractivity (Wildman–Crippen MR) is 126 cm³/mol. The van der Waals surface area contributed by atoms with Gasteiger partial charge in [-0.25, -0.2) is 8.42 Å². The Morgan fingerprint density at radius 3 is 2.36 bits per heavy atom. The summed E-state index contributed by atoms with van der Waals surface area (Å²) < 4.78 is 39.1.